The lowest BCUT2D eigenvalue weighted by molar-refractivity contribution is 0.102. The van der Waals surface area contributed by atoms with Gasteiger partial charge in [-0.3, -0.25) is 4.79 Å². The van der Waals surface area contributed by atoms with Gasteiger partial charge in [0, 0.05) is 23.4 Å². The zero-order valence-corrected chi connectivity index (χ0v) is 14.4. The minimum Gasteiger partial charge on any atom is -0.322 e. The van der Waals surface area contributed by atoms with Crippen LogP contribution in [0.5, 0.6) is 0 Å². The lowest BCUT2D eigenvalue weighted by atomic mass is 10.0. The van der Waals surface area contributed by atoms with Crippen molar-refractivity contribution in [1.29, 1.82) is 0 Å². The van der Waals surface area contributed by atoms with Gasteiger partial charge in [0.05, 0.1) is 0 Å². The fourth-order valence-corrected chi connectivity index (χ4v) is 3.07. The maximum absolute atomic E-state index is 12.8. The quantitative estimate of drug-likeness (QED) is 0.599. The number of hydrogen-bond donors (Lipinski definition) is 1. The van der Waals surface area contributed by atoms with Gasteiger partial charge in [-0.25, -0.2) is 0 Å². The van der Waals surface area contributed by atoms with Gasteiger partial charge in [-0.15, -0.1) is 10.2 Å². The van der Waals surface area contributed by atoms with Crippen LogP contribution in [0.2, 0.25) is 0 Å². The van der Waals surface area contributed by atoms with Gasteiger partial charge < -0.3 is 9.88 Å². The molecule has 1 amide bonds. The summed E-state index contributed by atoms with van der Waals surface area (Å²) in [7, 11) is 0. The van der Waals surface area contributed by atoms with E-state index < -0.39 is 0 Å². The summed E-state index contributed by atoms with van der Waals surface area (Å²) < 4.78 is 1.96. The Kier molecular flexibility index (Phi) is 4.19. The van der Waals surface area contributed by atoms with Crippen LogP contribution in [0.1, 0.15) is 17.3 Å². The number of fused-ring (bicyclic) bond motifs is 1. The highest BCUT2D eigenvalue weighted by atomic mass is 16.1. The van der Waals surface area contributed by atoms with Gasteiger partial charge in [-0.05, 0) is 35.9 Å². The van der Waals surface area contributed by atoms with Crippen molar-refractivity contribution in [1.82, 2.24) is 14.8 Å². The van der Waals surface area contributed by atoms with E-state index in [-0.39, 0.29) is 5.91 Å². The van der Waals surface area contributed by atoms with Gasteiger partial charge in [-0.2, -0.15) is 0 Å². The minimum absolute atomic E-state index is 0.129. The SMILES string of the molecule is CCn1cnnc1-c1cccc(NC(=O)c2cccc3ccccc23)c1. The molecule has 1 heterocycles. The third-order valence-electron chi connectivity index (χ3n) is 4.37. The van der Waals surface area contributed by atoms with E-state index in [0.29, 0.717) is 5.56 Å². The van der Waals surface area contributed by atoms with E-state index in [2.05, 4.69) is 15.5 Å². The fraction of sp³-hybridized carbons (Fsp3) is 0.0952. The predicted molar refractivity (Wildman–Crippen MR) is 103 cm³/mol. The van der Waals surface area contributed by atoms with Crippen LogP contribution in [0.3, 0.4) is 0 Å². The number of rotatable bonds is 4. The molecule has 4 aromatic rings. The van der Waals surface area contributed by atoms with Crippen molar-refractivity contribution in [2.75, 3.05) is 5.32 Å². The summed E-state index contributed by atoms with van der Waals surface area (Å²) in [5.74, 6) is 0.657. The number of aromatic nitrogens is 3. The van der Waals surface area contributed by atoms with E-state index in [9.17, 15) is 4.79 Å². The second kappa shape index (κ2) is 6.80. The molecule has 1 aromatic heterocycles. The zero-order chi connectivity index (χ0) is 17.9. The Labute approximate surface area is 151 Å². The summed E-state index contributed by atoms with van der Waals surface area (Å²) >= 11 is 0. The van der Waals surface area contributed by atoms with Gasteiger partial charge in [0.25, 0.3) is 5.91 Å². The van der Waals surface area contributed by atoms with Crippen LogP contribution < -0.4 is 5.32 Å². The first-order valence-corrected chi connectivity index (χ1v) is 8.53. The Hall–Kier alpha value is -3.47. The van der Waals surface area contributed by atoms with Crippen LogP contribution >= 0.6 is 0 Å². The van der Waals surface area contributed by atoms with E-state index in [1.165, 1.54) is 0 Å². The third-order valence-corrected chi connectivity index (χ3v) is 4.37. The summed E-state index contributed by atoms with van der Waals surface area (Å²) in [4.78, 5) is 12.8. The Morgan fingerprint density at radius 2 is 1.85 bits per heavy atom. The number of hydrogen-bond acceptors (Lipinski definition) is 3. The van der Waals surface area contributed by atoms with Crippen molar-refractivity contribution in [3.05, 3.63) is 78.6 Å². The van der Waals surface area contributed by atoms with E-state index in [4.69, 9.17) is 0 Å². The highest BCUT2D eigenvalue weighted by Crippen LogP contribution is 2.23. The number of carbonyl (C=O) groups is 1. The first-order chi connectivity index (χ1) is 12.8. The second-order valence-electron chi connectivity index (χ2n) is 6.00. The molecule has 0 fully saturated rings. The number of amides is 1. The standard InChI is InChI=1S/C21H18N4O/c1-2-25-14-22-24-20(25)16-9-5-10-17(13-16)23-21(26)19-12-6-8-15-7-3-4-11-18(15)19/h3-14H,2H2,1H3,(H,23,26). The first kappa shape index (κ1) is 16.0. The average molecular weight is 342 g/mol. The Morgan fingerprint density at radius 3 is 2.73 bits per heavy atom. The van der Waals surface area contributed by atoms with Crippen LogP contribution in [0.4, 0.5) is 5.69 Å². The van der Waals surface area contributed by atoms with Crippen LogP contribution in [0, 0.1) is 0 Å². The average Bonchev–Trinajstić information content (AvgIpc) is 3.16. The number of aryl methyl sites for hydroxylation is 1. The Bertz CT molecular complexity index is 1080. The van der Waals surface area contributed by atoms with Crippen molar-refractivity contribution in [2.45, 2.75) is 13.5 Å². The monoisotopic (exact) mass is 342 g/mol. The zero-order valence-electron chi connectivity index (χ0n) is 14.4. The van der Waals surface area contributed by atoms with Crippen molar-refractivity contribution in [3.8, 4) is 11.4 Å². The molecule has 0 aliphatic carbocycles. The van der Waals surface area contributed by atoms with E-state index in [0.717, 1.165) is 34.4 Å². The van der Waals surface area contributed by atoms with Crippen LogP contribution in [-0.2, 0) is 6.54 Å². The molecule has 0 atom stereocenters. The lowest BCUT2D eigenvalue weighted by Crippen LogP contribution is -2.12. The molecule has 5 heteroatoms. The van der Waals surface area contributed by atoms with Crippen molar-refractivity contribution >= 4 is 22.4 Å². The highest BCUT2D eigenvalue weighted by molar-refractivity contribution is 6.13. The molecule has 26 heavy (non-hydrogen) atoms. The normalized spacial score (nSPS) is 10.8. The van der Waals surface area contributed by atoms with Gasteiger partial charge >= 0.3 is 0 Å². The van der Waals surface area contributed by atoms with Crippen molar-refractivity contribution in [3.63, 3.8) is 0 Å². The van der Waals surface area contributed by atoms with E-state index in [1.54, 1.807) is 6.33 Å². The molecule has 0 aliphatic heterocycles. The summed E-state index contributed by atoms with van der Waals surface area (Å²) in [5, 5.41) is 13.1. The predicted octanol–water partition coefficient (Wildman–Crippen LogP) is 4.37. The molecule has 0 saturated carbocycles. The Morgan fingerprint density at radius 1 is 1.04 bits per heavy atom. The van der Waals surface area contributed by atoms with Crippen molar-refractivity contribution < 1.29 is 4.79 Å². The van der Waals surface area contributed by atoms with Gasteiger partial charge in [0.15, 0.2) is 5.82 Å². The number of benzene rings is 3. The highest BCUT2D eigenvalue weighted by Gasteiger charge is 2.11. The van der Waals surface area contributed by atoms with E-state index in [1.807, 2.05) is 78.2 Å². The second-order valence-corrected chi connectivity index (χ2v) is 6.00. The largest absolute Gasteiger partial charge is 0.322 e. The molecular formula is C21H18N4O. The maximum Gasteiger partial charge on any atom is 0.256 e. The van der Waals surface area contributed by atoms with E-state index >= 15 is 0 Å². The molecule has 0 aliphatic rings. The van der Waals surface area contributed by atoms with Gasteiger partial charge in [-0.1, -0.05) is 48.5 Å². The van der Waals surface area contributed by atoms with Crippen LogP contribution in [-0.4, -0.2) is 20.7 Å². The van der Waals surface area contributed by atoms with Gasteiger partial charge in [0.2, 0.25) is 0 Å². The fourth-order valence-electron chi connectivity index (χ4n) is 3.07. The molecule has 0 bridgehead atoms. The molecule has 0 unspecified atom stereocenters. The number of anilines is 1. The Balaban J connectivity index is 1.65. The molecule has 3 aromatic carbocycles. The molecule has 0 spiro atoms. The first-order valence-electron chi connectivity index (χ1n) is 8.53. The molecular weight excluding hydrogens is 324 g/mol. The summed E-state index contributed by atoms with van der Waals surface area (Å²) in [6, 6.07) is 21.3. The molecule has 128 valence electrons. The van der Waals surface area contributed by atoms with Crippen LogP contribution in [0.15, 0.2) is 73.1 Å². The number of carbonyl (C=O) groups excluding carboxylic acids is 1. The third kappa shape index (κ3) is 2.95. The smallest absolute Gasteiger partial charge is 0.256 e. The molecule has 1 N–H and O–H groups in total. The summed E-state index contributed by atoms with van der Waals surface area (Å²) in [6.07, 6.45) is 1.71. The van der Waals surface area contributed by atoms with Crippen molar-refractivity contribution in [2.24, 2.45) is 0 Å². The summed E-state index contributed by atoms with van der Waals surface area (Å²) in [5.41, 5.74) is 2.30. The molecule has 4 rings (SSSR count). The maximum atomic E-state index is 12.8. The number of nitrogens with one attached hydrogen (secondary N) is 1. The number of nitrogens with zero attached hydrogens (tertiary/aromatic N) is 3. The molecule has 0 saturated heterocycles. The lowest BCUT2D eigenvalue weighted by Gasteiger charge is -2.10. The topological polar surface area (TPSA) is 59.8 Å². The summed E-state index contributed by atoms with van der Waals surface area (Å²) in [6.45, 7) is 2.83. The molecule has 0 radical (unpaired) electrons. The minimum atomic E-state index is -0.129. The van der Waals surface area contributed by atoms with Gasteiger partial charge in [0.1, 0.15) is 6.33 Å². The van der Waals surface area contributed by atoms with Crippen LogP contribution in [0.25, 0.3) is 22.2 Å². The molecule has 5 nitrogen and oxygen atoms in total.